The number of piperidine rings is 1. The summed E-state index contributed by atoms with van der Waals surface area (Å²) >= 11 is 6.48. The molecule has 1 atom stereocenters. The molecule has 12 nitrogen and oxygen atoms in total. The molecule has 0 radical (unpaired) electrons. The molecular weight excluding hydrogens is 548 g/mol. The molecule has 0 spiro atoms. The zero-order valence-corrected chi connectivity index (χ0v) is 24.3. The predicted molar refractivity (Wildman–Crippen MR) is 158 cm³/mol. The van der Waals surface area contributed by atoms with Gasteiger partial charge in [0.15, 0.2) is 18.2 Å². The molecule has 0 aliphatic carbocycles. The van der Waals surface area contributed by atoms with Crippen molar-refractivity contribution in [1.29, 1.82) is 0 Å². The summed E-state index contributed by atoms with van der Waals surface area (Å²) in [5.74, 6) is 0.814. The number of piperazine rings is 1. The van der Waals surface area contributed by atoms with Gasteiger partial charge in [0.05, 0.1) is 17.6 Å². The van der Waals surface area contributed by atoms with Crippen molar-refractivity contribution in [1.82, 2.24) is 29.7 Å². The number of hydrogen-bond acceptors (Lipinski definition) is 9. The van der Waals surface area contributed by atoms with Gasteiger partial charge in [-0.25, -0.2) is 4.98 Å². The molecule has 218 valence electrons. The molecule has 2 N–H and O–H groups in total. The number of carbonyl (C=O) groups is 2. The molecule has 2 amide bonds. The lowest BCUT2D eigenvalue weighted by Gasteiger charge is -2.38. The summed E-state index contributed by atoms with van der Waals surface area (Å²) in [6.07, 6.45) is 3.30. The SMILES string of the molecule is CNC(=O)COc1cc2cc(Nc3nc(N4CCC[C@@H](C(=O)N5CCN(C)CC5)C4)ncc3Cl)ccc2n(C)c1=O. The molecule has 0 bridgehead atoms. The quantitative estimate of drug-likeness (QED) is 0.429. The van der Waals surface area contributed by atoms with Crippen molar-refractivity contribution in [2.45, 2.75) is 12.8 Å². The molecule has 2 aliphatic rings. The molecule has 0 saturated carbocycles. The van der Waals surface area contributed by atoms with Gasteiger partial charge in [-0.3, -0.25) is 14.4 Å². The summed E-state index contributed by atoms with van der Waals surface area (Å²) in [4.78, 5) is 53.0. The molecule has 1 aromatic carbocycles. The van der Waals surface area contributed by atoms with E-state index >= 15 is 0 Å². The van der Waals surface area contributed by atoms with E-state index in [1.54, 1.807) is 19.3 Å². The number of carbonyl (C=O) groups excluding carboxylic acids is 2. The lowest BCUT2D eigenvalue weighted by Crippen LogP contribution is -2.51. The number of pyridine rings is 1. The smallest absolute Gasteiger partial charge is 0.293 e. The molecule has 0 unspecified atom stereocenters. The maximum atomic E-state index is 13.2. The molecule has 2 saturated heterocycles. The van der Waals surface area contributed by atoms with E-state index in [0.29, 0.717) is 34.5 Å². The number of aryl methyl sites for hydroxylation is 1. The Bertz CT molecular complexity index is 1500. The normalized spacial score (nSPS) is 17.9. The number of rotatable bonds is 7. The number of fused-ring (bicyclic) bond motifs is 1. The third kappa shape index (κ3) is 6.38. The van der Waals surface area contributed by atoms with Crippen LogP contribution in [0.25, 0.3) is 10.9 Å². The molecule has 5 rings (SSSR count). The maximum absolute atomic E-state index is 13.2. The van der Waals surface area contributed by atoms with Crippen LogP contribution in [0, 0.1) is 5.92 Å². The van der Waals surface area contributed by atoms with E-state index in [4.69, 9.17) is 21.3 Å². The minimum Gasteiger partial charge on any atom is -0.478 e. The summed E-state index contributed by atoms with van der Waals surface area (Å²) in [7, 11) is 5.23. The molecule has 2 aliphatic heterocycles. The Kier molecular flexibility index (Phi) is 8.60. The van der Waals surface area contributed by atoms with Crippen molar-refractivity contribution in [2.24, 2.45) is 13.0 Å². The third-order valence-electron chi connectivity index (χ3n) is 7.69. The number of nitrogens with one attached hydrogen (secondary N) is 2. The lowest BCUT2D eigenvalue weighted by atomic mass is 9.96. The van der Waals surface area contributed by atoms with Crippen LogP contribution in [0.15, 0.2) is 35.3 Å². The minimum atomic E-state index is -0.337. The van der Waals surface area contributed by atoms with E-state index in [-0.39, 0.29) is 35.6 Å². The van der Waals surface area contributed by atoms with Crippen molar-refractivity contribution in [3.63, 3.8) is 0 Å². The van der Waals surface area contributed by atoms with Gasteiger partial charge in [-0.05, 0) is 44.2 Å². The molecule has 2 fully saturated rings. The number of amides is 2. The van der Waals surface area contributed by atoms with E-state index < -0.39 is 0 Å². The van der Waals surface area contributed by atoms with E-state index in [1.807, 2.05) is 23.1 Å². The van der Waals surface area contributed by atoms with Crippen LogP contribution in [-0.4, -0.2) is 96.1 Å². The second kappa shape index (κ2) is 12.3. The number of ether oxygens (including phenoxy) is 1. The topological polar surface area (TPSA) is 125 Å². The summed E-state index contributed by atoms with van der Waals surface area (Å²) in [6.45, 7) is 4.39. The molecule has 4 heterocycles. The van der Waals surface area contributed by atoms with Crippen molar-refractivity contribution in [3.8, 4) is 5.75 Å². The highest BCUT2D eigenvalue weighted by Gasteiger charge is 2.31. The van der Waals surface area contributed by atoms with Gasteiger partial charge >= 0.3 is 0 Å². The molecule has 3 aromatic rings. The fourth-order valence-corrected chi connectivity index (χ4v) is 5.37. The Morgan fingerprint density at radius 1 is 1.12 bits per heavy atom. The summed E-state index contributed by atoms with van der Waals surface area (Å²) in [5.41, 5.74) is 1.06. The fraction of sp³-hybridized carbons (Fsp3) is 0.464. The number of benzene rings is 1. The van der Waals surface area contributed by atoms with Gasteiger partial charge in [0.2, 0.25) is 11.9 Å². The van der Waals surface area contributed by atoms with Gasteiger partial charge < -0.3 is 34.6 Å². The standard InChI is InChI=1S/C28H35ClN8O4/c1-30-24(38)17-41-23-14-19-13-20(6-7-22(19)35(3)27(23)40)32-25-21(29)15-31-28(33-25)37-8-4-5-18(16-37)26(39)36-11-9-34(2)10-12-36/h6-7,13-15,18H,4-5,8-12,16-17H2,1-3H3,(H,30,38)(H,31,32,33)/t18-/m1/s1. The first kappa shape index (κ1) is 28.6. The molecular formula is C28H35ClN8O4. The van der Waals surface area contributed by atoms with Gasteiger partial charge in [0.25, 0.3) is 11.5 Å². The second-order valence-corrected chi connectivity index (χ2v) is 10.9. The molecule has 41 heavy (non-hydrogen) atoms. The average molecular weight is 583 g/mol. The summed E-state index contributed by atoms with van der Waals surface area (Å²) in [5, 5.41) is 6.82. The van der Waals surface area contributed by atoms with E-state index in [0.717, 1.165) is 51.0 Å². The van der Waals surface area contributed by atoms with E-state index in [1.165, 1.54) is 11.6 Å². The monoisotopic (exact) mass is 582 g/mol. The fourth-order valence-electron chi connectivity index (χ4n) is 5.23. The predicted octanol–water partition coefficient (Wildman–Crippen LogP) is 1.84. The lowest BCUT2D eigenvalue weighted by molar-refractivity contribution is -0.137. The van der Waals surface area contributed by atoms with Crippen LogP contribution in [0.3, 0.4) is 0 Å². The Labute approximate surface area is 243 Å². The van der Waals surface area contributed by atoms with Gasteiger partial charge in [0.1, 0.15) is 5.02 Å². The zero-order chi connectivity index (χ0) is 29.1. The Hall–Kier alpha value is -3.90. The van der Waals surface area contributed by atoms with Crippen LogP contribution in [-0.2, 0) is 16.6 Å². The largest absolute Gasteiger partial charge is 0.478 e. The zero-order valence-electron chi connectivity index (χ0n) is 23.5. The van der Waals surface area contributed by atoms with Crippen LogP contribution >= 0.6 is 11.6 Å². The van der Waals surface area contributed by atoms with Crippen LogP contribution in [0.5, 0.6) is 5.75 Å². The van der Waals surface area contributed by atoms with Crippen LogP contribution < -0.4 is 25.8 Å². The van der Waals surface area contributed by atoms with Crippen molar-refractivity contribution in [3.05, 3.63) is 45.8 Å². The first-order chi connectivity index (χ1) is 19.7. The number of anilines is 3. The average Bonchev–Trinajstić information content (AvgIpc) is 2.99. The van der Waals surface area contributed by atoms with Gasteiger partial charge in [-0.2, -0.15) is 4.98 Å². The highest BCUT2D eigenvalue weighted by Crippen LogP contribution is 2.29. The maximum Gasteiger partial charge on any atom is 0.293 e. The first-order valence-corrected chi connectivity index (χ1v) is 14.1. The van der Waals surface area contributed by atoms with E-state index in [9.17, 15) is 14.4 Å². The third-order valence-corrected chi connectivity index (χ3v) is 7.97. The highest BCUT2D eigenvalue weighted by atomic mass is 35.5. The number of hydrogen-bond donors (Lipinski definition) is 2. The van der Waals surface area contributed by atoms with Crippen LogP contribution in [0.1, 0.15) is 12.8 Å². The van der Waals surface area contributed by atoms with Gasteiger partial charge in [-0.1, -0.05) is 11.6 Å². The number of aromatic nitrogens is 3. The van der Waals surface area contributed by atoms with Crippen LogP contribution in [0.4, 0.5) is 17.5 Å². The summed E-state index contributed by atoms with van der Waals surface area (Å²) < 4.78 is 6.94. The van der Waals surface area contributed by atoms with Crippen molar-refractivity contribution < 1.29 is 14.3 Å². The van der Waals surface area contributed by atoms with Crippen molar-refractivity contribution in [2.75, 3.05) is 70.2 Å². The number of halogens is 1. The van der Waals surface area contributed by atoms with Crippen LogP contribution in [0.2, 0.25) is 5.02 Å². The van der Waals surface area contributed by atoms with Crippen molar-refractivity contribution >= 4 is 51.8 Å². The number of likely N-dealkylation sites (N-methyl/N-ethyl adjacent to an activating group) is 2. The molecule has 2 aromatic heterocycles. The first-order valence-electron chi connectivity index (χ1n) is 13.7. The number of nitrogens with zero attached hydrogens (tertiary/aromatic N) is 6. The highest BCUT2D eigenvalue weighted by molar-refractivity contribution is 6.32. The second-order valence-electron chi connectivity index (χ2n) is 10.5. The Balaban J connectivity index is 1.33. The molecule has 13 heteroatoms. The Morgan fingerprint density at radius 3 is 2.66 bits per heavy atom. The van der Waals surface area contributed by atoms with Gasteiger partial charge in [0, 0.05) is 64.4 Å². The van der Waals surface area contributed by atoms with E-state index in [2.05, 4.69) is 32.5 Å². The van der Waals surface area contributed by atoms with Gasteiger partial charge in [-0.15, -0.1) is 0 Å². The summed E-state index contributed by atoms with van der Waals surface area (Å²) in [6, 6.07) is 7.11. The minimum absolute atomic E-state index is 0.0777. The Morgan fingerprint density at radius 2 is 1.90 bits per heavy atom.